The third kappa shape index (κ3) is 3.37. The van der Waals surface area contributed by atoms with E-state index in [1.807, 2.05) is 35.2 Å². The lowest BCUT2D eigenvalue weighted by atomic mass is 10.1. The van der Waals surface area contributed by atoms with E-state index in [1.54, 1.807) is 19.0 Å². The van der Waals surface area contributed by atoms with Crippen molar-refractivity contribution in [1.82, 2.24) is 4.90 Å². The Hall–Kier alpha value is -1.54. The van der Waals surface area contributed by atoms with Gasteiger partial charge in [-0.25, -0.2) is 8.42 Å². The fourth-order valence-corrected chi connectivity index (χ4v) is 5.72. The number of hydrogen-bond acceptors (Lipinski definition) is 6. The van der Waals surface area contributed by atoms with Gasteiger partial charge in [-0.3, -0.25) is 9.79 Å². The lowest BCUT2D eigenvalue weighted by molar-refractivity contribution is -0.125. The van der Waals surface area contributed by atoms with Crippen LogP contribution in [0.1, 0.15) is 0 Å². The second-order valence-electron chi connectivity index (χ2n) is 5.91. The summed E-state index contributed by atoms with van der Waals surface area (Å²) in [5.74, 6) is 0.505. The number of amidine groups is 1. The Kier molecular flexibility index (Phi) is 4.37. The summed E-state index contributed by atoms with van der Waals surface area (Å²) in [4.78, 5) is 19.9. The van der Waals surface area contributed by atoms with Gasteiger partial charge >= 0.3 is 0 Å². The Morgan fingerprint density at radius 3 is 2.65 bits per heavy atom. The average molecular weight is 353 g/mol. The molecule has 23 heavy (non-hydrogen) atoms. The molecular weight excluding hydrogens is 334 g/mol. The highest BCUT2D eigenvalue weighted by molar-refractivity contribution is 8.14. The summed E-state index contributed by atoms with van der Waals surface area (Å²) in [6, 6.07) is 9.23. The molecule has 2 aliphatic heterocycles. The van der Waals surface area contributed by atoms with Crippen molar-refractivity contribution in [1.29, 1.82) is 0 Å². The van der Waals surface area contributed by atoms with Gasteiger partial charge in [0.25, 0.3) is 0 Å². The molecule has 0 unspecified atom stereocenters. The van der Waals surface area contributed by atoms with Crippen molar-refractivity contribution < 1.29 is 13.2 Å². The molecule has 0 bridgehead atoms. The predicted molar refractivity (Wildman–Crippen MR) is 93.7 cm³/mol. The van der Waals surface area contributed by atoms with Gasteiger partial charge in [0.1, 0.15) is 0 Å². The van der Waals surface area contributed by atoms with E-state index in [4.69, 9.17) is 0 Å². The number of benzene rings is 1. The van der Waals surface area contributed by atoms with Gasteiger partial charge in [-0.05, 0) is 12.1 Å². The second kappa shape index (κ2) is 6.16. The molecular formula is C15H19N3O3S2. The van der Waals surface area contributed by atoms with E-state index in [0.29, 0.717) is 5.75 Å². The minimum Gasteiger partial charge on any atom is -0.348 e. The maximum Gasteiger partial charge on any atom is 0.232 e. The van der Waals surface area contributed by atoms with Gasteiger partial charge in [0.05, 0.1) is 29.3 Å². The summed E-state index contributed by atoms with van der Waals surface area (Å²) in [6.07, 6.45) is 0. The highest BCUT2D eigenvalue weighted by Gasteiger charge is 2.47. The number of nitrogens with zero attached hydrogens (tertiary/aromatic N) is 3. The molecule has 0 spiro atoms. The van der Waals surface area contributed by atoms with Crippen molar-refractivity contribution in [3.8, 4) is 0 Å². The zero-order valence-electron chi connectivity index (χ0n) is 13.0. The van der Waals surface area contributed by atoms with Crippen LogP contribution in [-0.4, -0.2) is 67.8 Å². The van der Waals surface area contributed by atoms with Gasteiger partial charge in [0, 0.05) is 19.8 Å². The number of anilines is 1. The lowest BCUT2D eigenvalue weighted by Gasteiger charge is -2.26. The van der Waals surface area contributed by atoms with Gasteiger partial charge in [-0.15, -0.1) is 0 Å². The van der Waals surface area contributed by atoms with E-state index in [9.17, 15) is 13.2 Å². The van der Waals surface area contributed by atoms with Crippen LogP contribution in [0.15, 0.2) is 35.3 Å². The van der Waals surface area contributed by atoms with Crippen LogP contribution in [0.25, 0.3) is 0 Å². The molecule has 3 rings (SSSR count). The van der Waals surface area contributed by atoms with Crippen molar-refractivity contribution >= 4 is 38.4 Å². The molecule has 6 nitrogen and oxygen atoms in total. The Labute approximate surface area is 140 Å². The number of amides is 1. The largest absolute Gasteiger partial charge is 0.348 e. The average Bonchev–Trinajstić information content (AvgIpc) is 2.96. The zero-order valence-corrected chi connectivity index (χ0v) is 14.7. The molecule has 0 aromatic heterocycles. The molecule has 1 saturated heterocycles. The van der Waals surface area contributed by atoms with Crippen molar-refractivity contribution in [2.75, 3.05) is 36.3 Å². The highest BCUT2D eigenvalue weighted by atomic mass is 32.2. The molecule has 1 aromatic rings. The van der Waals surface area contributed by atoms with Gasteiger partial charge in [0.2, 0.25) is 5.91 Å². The third-order valence-electron chi connectivity index (χ3n) is 3.97. The van der Waals surface area contributed by atoms with E-state index in [1.165, 1.54) is 11.8 Å². The number of para-hydroxylation sites is 1. The predicted octanol–water partition coefficient (Wildman–Crippen LogP) is 0.850. The first-order chi connectivity index (χ1) is 10.9. The number of aliphatic imine (C=N–C) groups is 1. The maximum atomic E-state index is 11.9. The number of fused-ring (bicyclic) bond motifs is 1. The van der Waals surface area contributed by atoms with Crippen LogP contribution in [-0.2, 0) is 14.6 Å². The van der Waals surface area contributed by atoms with E-state index in [-0.39, 0.29) is 29.5 Å². The zero-order chi connectivity index (χ0) is 16.6. The SMILES string of the molecule is CN(C)C(=O)CSC1=N[C@H]2CS(=O)(=O)C[C@H]2N1c1ccccc1. The molecule has 8 heteroatoms. The number of rotatable bonds is 3. The van der Waals surface area contributed by atoms with Crippen LogP contribution in [0.2, 0.25) is 0 Å². The van der Waals surface area contributed by atoms with Crippen LogP contribution in [0, 0.1) is 0 Å². The van der Waals surface area contributed by atoms with Crippen molar-refractivity contribution in [3.05, 3.63) is 30.3 Å². The van der Waals surface area contributed by atoms with Crippen LogP contribution < -0.4 is 4.90 Å². The quantitative estimate of drug-likeness (QED) is 0.806. The first kappa shape index (κ1) is 16.3. The summed E-state index contributed by atoms with van der Waals surface area (Å²) >= 11 is 1.37. The first-order valence-corrected chi connectivity index (χ1v) is 10.1. The number of hydrogen-bond donors (Lipinski definition) is 0. The third-order valence-corrected chi connectivity index (χ3v) is 6.62. The van der Waals surface area contributed by atoms with Crippen LogP contribution in [0.5, 0.6) is 0 Å². The summed E-state index contributed by atoms with van der Waals surface area (Å²) < 4.78 is 23.8. The van der Waals surface area contributed by atoms with Crippen LogP contribution >= 0.6 is 11.8 Å². The molecule has 124 valence electrons. The molecule has 2 heterocycles. The van der Waals surface area contributed by atoms with E-state index in [0.717, 1.165) is 10.9 Å². The lowest BCUT2D eigenvalue weighted by Crippen LogP contribution is -2.39. The summed E-state index contributed by atoms with van der Waals surface area (Å²) in [7, 11) is 0.388. The number of carbonyl (C=O) groups is 1. The topological polar surface area (TPSA) is 70.0 Å². The molecule has 0 radical (unpaired) electrons. The molecule has 0 N–H and O–H groups in total. The fraction of sp³-hybridized carbons (Fsp3) is 0.467. The molecule has 2 atom stereocenters. The Morgan fingerprint density at radius 1 is 1.30 bits per heavy atom. The van der Waals surface area contributed by atoms with Crippen molar-refractivity contribution in [2.45, 2.75) is 12.1 Å². The monoisotopic (exact) mass is 353 g/mol. The minimum atomic E-state index is -3.05. The molecule has 1 amide bonds. The molecule has 2 aliphatic rings. The van der Waals surface area contributed by atoms with Crippen molar-refractivity contribution in [3.63, 3.8) is 0 Å². The first-order valence-electron chi connectivity index (χ1n) is 7.33. The van der Waals surface area contributed by atoms with Gasteiger partial charge in [-0.2, -0.15) is 0 Å². The van der Waals surface area contributed by atoms with Crippen molar-refractivity contribution in [2.24, 2.45) is 4.99 Å². The normalized spacial score (nSPS) is 25.1. The van der Waals surface area contributed by atoms with E-state index < -0.39 is 9.84 Å². The smallest absolute Gasteiger partial charge is 0.232 e. The maximum absolute atomic E-state index is 11.9. The van der Waals surface area contributed by atoms with Gasteiger partial charge in [0.15, 0.2) is 15.0 Å². The molecule has 1 fully saturated rings. The van der Waals surface area contributed by atoms with Crippen LogP contribution in [0.4, 0.5) is 5.69 Å². The summed E-state index contributed by atoms with van der Waals surface area (Å²) in [5, 5.41) is 0.733. The Balaban J connectivity index is 1.86. The van der Waals surface area contributed by atoms with Crippen LogP contribution in [0.3, 0.4) is 0 Å². The molecule has 0 aliphatic carbocycles. The second-order valence-corrected chi connectivity index (χ2v) is 9.00. The Bertz CT molecular complexity index is 732. The standard InChI is InChI=1S/C15H19N3O3S2/c1-17(2)14(19)8-22-15-16-12-9-23(20,21)10-13(12)18(15)11-6-4-3-5-7-11/h3-7,12-13H,8-10H2,1-2H3/t12-,13+/m0/s1. The summed E-state index contributed by atoms with van der Waals surface area (Å²) in [6.45, 7) is 0. The highest BCUT2D eigenvalue weighted by Crippen LogP contribution is 2.34. The number of thioether (sulfide) groups is 1. The van der Waals surface area contributed by atoms with E-state index in [2.05, 4.69) is 4.99 Å². The summed E-state index contributed by atoms with van der Waals surface area (Å²) in [5.41, 5.74) is 0.917. The Morgan fingerprint density at radius 2 is 2.00 bits per heavy atom. The molecule has 1 aromatic carbocycles. The number of sulfone groups is 1. The fourth-order valence-electron chi connectivity index (χ4n) is 2.78. The van der Waals surface area contributed by atoms with Gasteiger partial charge < -0.3 is 9.80 Å². The van der Waals surface area contributed by atoms with Gasteiger partial charge in [-0.1, -0.05) is 30.0 Å². The van der Waals surface area contributed by atoms with E-state index >= 15 is 0 Å². The number of carbonyl (C=O) groups excluding carboxylic acids is 1. The molecule has 0 saturated carbocycles. The minimum absolute atomic E-state index is 0.00962.